The van der Waals surface area contributed by atoms with Crippen LogP contribution >= 0.6 is 0 Å². The average Bonchev–Trinajstić information content (AvgIpc) is 2.86. The normalized spacial score (nSPS) is 16.1. The lowest BCUT2D eigenvalue weighted by Gasteiger charge is -1.97. The van der Waals surface area contributed by atoms with E-state index in [0.29, 0.717) is 12.2 Å². The molecule has 0 aromatic carbocycles. The Morgan fingerprint density at radius 1 is 1.58 bits per heavy atom. The first kappa shape index (κ1) is 7.40. The summed E-state index contributed by atoms with van der Waals surface area (Å²) in [4.78, 5) is 14.2. The van der Waals surface area contributed by atoms with Gasteiger partial charge >= 0.3 is 0 Å². The maximum Gasteiger partial charge on any atom is 0.154 e. The Kier molecular flexibility index (Phi) is 1.64. The number of nitrogens with zero attached hydrogens (tertiary/aromatic N) is 1. The number of carbonyl (C=O) groups excluding carboxylic acids is 1. The van der Waals surface area contributed by atoms with Gasteiger partial charge in [-0.1, -0.05) is 0 Å². The SMILES string of the molecule is O=Cc1cnc(C2CC2)cc1F. The number of aldehydes is 1. The number of rotatable bonds is 2. The van der Waals surface area contributed by atoms with E-state index in [1.807, 2.05) is 0 Å². The van der Waals surface area contributed by atoms with E-state index < -0.39 is 5.82 Å². The molecule has 0 saturated heterocycles. The highest BCUT2D eigenvalue weighted by Gasteiger charge is 2.25. The molecule has 0 atom stereocenters. The fraction of sp³-hybridized carbons (Fsp3) is 0.333. The molecule has 0 N–H and O–H groups in total. The van der Waals surface area contributed by atoms with Crippen LogP contribution in [-0.4, -0.2) is 11.3 Å². The van der Waals surface area contributed by atoms with Crippen LogP contribution in [0.25, 0.3) is 0 Å². The molecule has 1 aliphatic rings. The van der Waals surface area contributed by atoms with Crippen molar-refractivity contribution in [1.29, 1.82) is 0 Å². The minimum Gasteiger partial charge on any atom is -0.298 e. The van der Waals surface area contributed by atoms with Crippen LogP contribution in [0.4, 0.5) is 4.39 Å². The van der Waals surface area contributed by atoms with Crippen molar-refractivity contribution in [2.45, 2.75) is 18.8 Å². The highest BCUT2D eigenvalue weighted by Crippen LogP contribution is 2.38. The van der Waals surface area contributed by atoms with Gasteiger partial charge in [-0.05, 0) is 18.9 Å². The van der Waals surface area contributed by atoms with Crippen LogP contribution in [0.2, 0.25) is 0 Å². The minimum atomic E-state index is -0.457. The molecule has 0 spiro atoms. The molecule has 2 nitrogen and oxygen atoms in total. The summed E-state index contributed by atoms with van der Waals surface area (Å²) >= 11 is 0. The van der Waals surface area contributed by atoms with Gasteiger partial charge in [-0.15, -0.1) is 0 Å². The molecule has 1 heterocycles. The third-order valence-corrected chi connectivity index (χ3v) is 2.03. The van der Waals surface area contributed by atoms with Gasteiger partial charge in [0.05, 0.1) is 5.56 Å². The predicted octanol–water partition coefficient (Wildman–Crippen LogP) is 1.91. The highest BCUT2D eigenvalue weighted by atomic mass is 19.1. The standard InChI is InChI=1S/C9H8FNO/c10-8-3-9(6-1-2-6)11-4-7(8)5-12/h3-6H,1-2H2. The van der Waals surface area contributed by atoms with E-state index in [1.165, 1.54) is 12.3 Å². The Balaban J connectivity index is 2.36. The molecule has 0 radical (unpaired) electrons. The molecule has 0 unspecified atom stereocenters. The third kappa shape index (κ3) is 1.22. The summed E-state index contributed by atoms with van der Waals surface area (Å²) in [7, 11) is 0. The van der Waals surface area contributed by atoms with Crippen molar-refractivity contribution in [2.75, 3.05) is 0 Å². The van der Waals surface area contributed by atoms with Gasteiger partial charge in [-0.3, -0.25) is 9.78 Å². The Labute approximate surface area is 69.4 Å². The molecule has 1 aromatic heterocycles. The summed E-state index contributed by atoms with van der Waals surface area (Å²) in [6.07, 6.45) is 3.97. The Bertz CT molecular complexity index is 320. The van der Waals surface area contributed by atoms with Gasteiger partial charge in [-0.25, -0.2) is 4.39 Å². The van der Waals surface area contributed by atoms with Gasteiger partial charge in [0.1, 0.15) is 5.82 Å². The van der Waals surface area contributed by atoms with Crippen molar-refractivity contribution >= 4 is 6.29 Å². The van der Waals surface area contributed by atoms with Crippen molar-refractivity contribution in [3.05, 3.63) is 29.3 Å². The molecule has 1 aliphatic carbocycles. The summed E-state index contributed by atoms with van der Waals surface area (Å²) in [6.45, 7) is 0. The molecule has 0 amide bonds. The van der Waals surface area contributed by atoms with Gasteiger partial charge in [0, 0.05) is 17.8 Å². The van der Waals surface area contributed by atoms with Crippen LogP contribution in [0.15, 0.2) is 12.3 Å². The second-order valence-corrected chi connectivity index (χ2v) is 3.02. The summed E-state index contributed by atoms with van der Waals surface area (Å²) < 4.78 is 13.0. The molecule has 3 heteroatoms. The number of aromatic nitrogens is 1. The van der Waals surface area contributed by atoms with Crippen LogP contribution in [-0.2, 0) is 0 Å². The second-order valence-electron chi connectivity index (χ2n) is 3.02. The molecule has 0 bridgehead atoms. The molecule has 1 aromatic rings. The number of hydrogen-bond acceptors (Lipinski definition) is 2. The van der Waals surface area contributed by atoms with E-state index in [-0.39, 0.29) is 5.56 Å². The van der Waals surface area contributed by atoms with Crippen LogP contribution in [0.5, 0.6) is 0 Å². The molecule has 62 valence electrons. The van der Waals surface area contributed by atoms with Crippen molar-refractivity contribution in [2.24, 2.45) is 0 Å². The quantitative estimate of drug-likeness (QED) is 0.626. The lowest BCUT2D eigenvalue weighted by Crippen LogP contribution is -1.93. The van der Waals surface area contributed by atoms with Gasteiger partial charge in [0.2, 0.25) is 0 Å². The zero-order chi connectivity index (χ0) is 8.55. The molecule has 12 heavy (non-hydrogen) atoms. The third-order valence-electron chi connectivity index (χ3n) is 2.03. The maximum atomic E-state index is 13.0. The topological polar surface area (TPSA) is 30.0 Å². The zero-order valence-corrected chi connectivity index (χ0v) is 6.46. The van der Waals surface area contributed by atoms with Crippen LogP contribution in [0.3, 0.4) is 0 Å². The summed E-state index contributed by atoms with van der Waals surface area (Å²) in [5, 5.41) is 0. The smallest absolute Gasteiger partial charge is 0.154 e. The molecular weight excluding hydrogens is 157 g/mol. The molecule has 0 aliphatic heterocycles. The Hall–Kier alpha value is -1.25. The van der Waals surface area contributed by atoms with E-state index >= 15 is 0 Å². The first-order chi connectivity index (χ1) is 5.81. The van der Waals surface area contributed by atoms with Gasteiger partial charge in [-0.2, -0.15) is 0 Å². The van der Waals surface area contributed by atoms with E-state index in [1.54, 1.807) is 0 Å². The summed E-state index contributed by atoms with van der Waals surface area (Å²) in [6, 6.07) is 1.36. The number of carbonyl (C=O) groups is 1. The first-order valence-electron chi connectivity index (χ1n) is 3.92. The Morgan fingerprint density at radius 2 is 2.33 bits per heavy atom. The van der Waals surface area contributed by atoms with Crippen molar-refractivity contribution in [1.82, 2.24) is 4.98 Å². The number of halogens is 1. The molecular formula is C9H8FNO. The minimum absolute atomic E-state index is 0.0411. The fourth-order valence-corrected chi connectivity index (χ4v) is 1.15. The van der Waals surface area contributed by atoms with E-state index in [2.05, 4.69) is 4.98 Å². The van der Waals surface area contributed by atoms with Crippen LogP contribution < -0.4 is 0 Å². The largest absolute Gasteiger partial charge is 0.298 e. The average molecular weight is 165 g/mol. The van der Waals surface area contributed by atoms with Crippen LogP contribution in [0.1, 0.15) is 34.8 Å². The molecule has 1 saturated carbocycles. The lowest BCUT2D eigenvalue weighted by molar-refractivity contribution is 0.111. The molecule has 2 rings (SSSR count). The summed E-state index contributed by atoms with van der Waals surface area (Å²) in [5.41, 5.74) is 0.817. The van der Waals surface area contributed by atoms with Crippen LogP contribution in [0, 0.1) is 5.82 Å². The monoisotopic (exact) mass is 165 g/mol. The van der Waals surface area contributed by atoms with E-state index in [4.69, 9.17) is 0 Å². The number of pyridine rings is 1. The predicted molar refractivity (Wildman–Crippen MR) is 41.6 cm³/mol. The molecule has 1 fully saturated rings. The number of hydrogen-bond donors (Lipinski definition) is 0. The van der Waals surface area contributed by atoms with Gasteiger partial charge in [0.25, 0.3) is 0 Å². The van der Waals surface area contributed by atoms with Crippen molar-refractivity contribution in [3.8, 4) is 0 Å². The van der Waals surface area contributed by atoms with Crippen molar-refractivity contribution in [3.63, 3.8) is 0 Å². The fourth-order valence-electron chi connectivity index (χ4n) is 1.15. The highest BCUT2D eigenvalue weighted by molar-refractivity contribution is 5.74. The first-order valence-corrected chi connectivity index (χ1v) is 3.92. The van der Waals surface area contributed by atoms with Gasteiger partial charge in [0.15, 0.2) is 6.29 Å². The summed E-state index contributed by atoms with van der Waals surface area (Å²) in [5.74, 6) is -0.0258. The van der Waals surface area contributed by atoms with E-state index in [0.717, 1.165) is 18.5 Å². The lowest BCUT2D eigenvalue weighted by atomic mass is 10.2. The Morgan fingerprint density at radius 3 is 2.83 bits per heavy atom. The maximum absolute atomic E-state index is 13.0. The van der Waals surface area contributed by atoms with Crippen molar-refractivity contribution < 1.29 is 9.18 Å². The van der Waals surface area contributed by atoms with Gasteiger partial charge < -0.3 is 0 Å². The second kappa shape index (κ2) is 2.66. The van der Waals surface area contributed by atoms with E-state index in [9.17, 15) is 9.18 Å². The zero-order valence-electron chi connectivity index (χ0n) is 6.46.